The van der Waals surface area contributed by atoms with Gasteiger partial charge >= 0.3 is 0 Å². The lowest BCUT2D eigenvalue weighted by molar-refractivity contribution is -0.124. The molecule has 124 valence electrons. The van der Waals surface area contributed by atoms with Crippen LogP contribution in [0.3, 0.4) is 0 Å². The van der Waals surface area contributed by atoms with Crippen LogP contribution in [0.4, 0.5) is 11.4 Å². The molecule has 0 bridgehead atoms. The number of anilines is 2. The van der Waals surface area contributed by atoms with E-state index < -0.39 is 6.10 Å². The first-order valence-corrected chi connectivity index (χ1v) is 7.98. The standard InChI is InChI=1S/C19H20N2O3/c1-13(24-17-9-7-16(8-10-17)20-14(2)22)19(23)21-12-11-15-5-3-4-6-18(15)21/h3-10,13H,11-12H2,1-2H3,(H,20,22). The van der Waals surface area contributed by atoms with Crippen LogP contribution < -0.4 is 15.0 Å². The summed E-state index contributed by atoms with van der Waals surface area (Å²) in [5.74, 6) is 0.420. The smallest absolute Gasteiger partial charge is 0.267 e. The fraction of sp³-hybridized carbons (Fsp3) is 0.263. The number of benzene rings is 2. The molecular weight excluding hydrogens is 304 g/mol. The van der Waals surface area contributed by atoms with Crippen molar-refractivity contribution in [1.29, 1.82) is 0 Å². The van der Waals surface area contributed by atoms with E-state index >= 15 is 0 Å². The third-order valence-electron chi connectivity index (χ3n) is 3.99. The average molecular weight is 324 g/mol. The number of nitrogens with zero attached hydrogens (tertiary/aromatic N) is 1. The molecule has 0 radical (unpaired) electrons. The van der Waals surface area contributed by atoms with E-state index in [2.05, 4.69) is 11.4 Å². The second kappa shape index (κ2) is 6.74. The maximum Gasteiger partial charge on any atom is 0.267 e. The van der Waals surface area contributed by atoms with E-state index in [0.717, 1.165) is 12.1 Å². The van der Waals surface area contributed by atoms with Gasteiger partial charge in [0.2, 0.25) is 5.91 Å². The Hall–Kier alpha value is -2.82. The molecule has 2 amide bonds. The number of para-hydroxylation sites is 1. The van der Waals surface area contributed by atoms with Gasteiger partial charge in [-0.1, -0.05) is 18.2 Å². The van der Waals surface area contributed by atoms with E-state index in [1.807, 2.05) is 18.2 Å². The monoisotopic (exact) mass is 324 g/mol. The molecular formula is C19H20N2O3. The minimum atomic E-state index is -0.581. The van der Waals surface area contributed by atoms with Gasteiger partial charge in [-0.2, -0.15) is 0 Å². The van der Waals surface area contributed by atoms with Crippen molar-refractivity contribution in [2.75, 3.05) is 16.8 Å². The minimum Gasteiger partial charge on any atom is -0.481 e. The van der Waals surface area contributed by atoms with E-state index in [9.17, 15) is 9.59 Å². The predicted octanol–water partition coefficient (Wildman–Crippen LogP) is 3.00. The summed E-state index contributed by atoms with van der Waals surface area (Å²) in [6.07, 6.45) is 0.294. The number of nitrogens with one attached hydrogen (secondary N) is 1. The van der Waals surface area contributed by atoms with E-state index in [0.29, 0.717) is 18.0 Å². The zero-order valence-corrected chi connectivity index (χ0v) is 13.8. The van der Waals surface area contributed by atoms with Gasteiger partial charge in [0.15, 0.2) is 6.10 Å². The van der Waals surface area contributed by atoms with Crippen molar-refractivity contribution in [3.63, 3.8) is 0 Å². The Morgan fingerprint density at radius 1 is 1.12 bits per heavy atom. The molecule has 24 heavy (non-hydrogen) atoms. The molecule has 0 saturated carbocycles. The van der Waals surface area contributed by atoms with Crippen LogP contribution in [0.25, 0.3) is 0 Å². The van der Waals surface area contributed by atoms with E-state index in [-0.39, 0.29) is 11.8 Å². The number of carbonyl (C=O) groups excluding carboxylic acids is 2. The molecule has 1 aliphatic heterocycles. The van der Waals surface area contributed by atoms with Gasteiger partial charge in [0.05, 0.1) is 0 Å². The summed E-state index contributed by atoms with van der Waals surface area (Å²) in [7, 11) is 0. The fourth-order valence-corrected chi connectivity index (χ4v) is 2.86. The van der Waals surface area contributed by atoms with Crippen LogP contribution in [-0.4, -0.2) is 24.5 Å². The molecule has 2 aromatic carbocycles. The molecule has 3 rings (SSSR count). The molecule has 5 nitrogen and oxygen atoms in total. The quantitative estimate of drug-likeness (QED) is 0.940. The number of amides is 2. The lowest BCUT2D eigenvalue weighted by Crippen LogP contribution is -2.39. The molecule has 1 N–H and O–H groups in total. The second-order valence-corrected chi connectivity index (χ2v) is 5.83. The Balaban J connectivity index is 1.66. The second-order valence-electron chi connectivity index (χ2n) is 5.83. The zero-order chi connectivity index (χ0) is 17.1. The highest BCUT2D eigenvalue weighted by Crippen LogP contribution is 2.28. The predicted molar refractivity (Wildman–Crippen MR) is 93.3 cm³/mol. The Kier molecular flexibility index (Phi) is 4.51. The number of rotatable bonds is 4. The maximum atomic E-state index is 12.7. The van der Waals surface area contributed by atoms with Gasteiger partial charge in [0.1, 0.15) is 5.75 Å². The lowest BCUT2D eigenvalue weighted by atomic mass is 10.2. The first-order valence-electron chi connectivity index (χ1n) is 7.98. The van der Waals surface area contributed by atoms with Gasteiger partial charge in [0, 0.05) is 24.8 Å². The molecule has 0 aromatic heterocycles. The van der Waals surface area contributed by atoms with Gasteiger partial charge in [-0.05, 0) is 49.2 Å². The average Bonchev–Trinajstić information content (AvgIpc) is 2.99. The van der Waals surface area contributed by atoms with Crippen LogP contribution in [0.2, 0.25) is 0 Å². The topological polar surface area (TPSA) is 58.6 Å². The Morgan fingerprint density at radius 2 is 1.83 bits per heavy atom. The van der Waals surface area contributed by atoms with Crippen molar-refractivity contribution < 1.29 is 14.3 Å². The molecule has 1 unspecified atom stereocenters. The fourth-order valence-electron chi connectivity index (χ4n) is 2.86. The summed E-state index contributed by atoms with van der Waals surface area (Å²) in [4.78, 5) is 25.5. The summed E-state index contributed by atoms with van der Waals surface area (Å²) in [6, 6.07) is 14.9. The van der Waals surface area contributed by atoms with Crippen molar-refractivity contribution in [3.8, 4) is 5.75 Å². The number of fused-ring (bicyclic) bond motifs is 1. The van der Waals surface area contributed by atoms with Crippen molar-refractivity contribution >= 4 is 23.2 Å². The normalized spacial score (nSPS) is 14.0. The van der Waals surface area contributed by atoms with Gasteiger partial charge in [-0.15, -0.1) is 0 Å². The largest absolute Gasteiger partial charge is 0.481 e. The Morgan fingerprint density at radius 3 is 2.54 bits per heavy atom. The summed E-state index contributed by atoms with van der Waals surface area (Å²) < 4.78 is 5.76. The Bertz CT molecular complexity index is 755. The first-order chi connectivity index (χ1) is 11.5. The van der Waals surface area contributed by atoms with Crippen molar-refractivity contribution in [1.82, 2.24) is 0 Å². The van der Waals surface area contributed by atoms with Crippen molar-refractivity contribution in [3.05, 3.63) is 54.1 Å². The molecule has 0 saturated heterocycles. The number of carbonyl (C=O) groups is 2. The third-order valence-corrected chi connectivity index (χ3v) is 3.99. The molecule has 0 spiro atoms. The van der Waals surface area contributed by atoms with Crippen LogP contribution in [0, 0.1) is 0 Å². The molecule has 1 atom stereocenters. The van der Waals surface area contributed by atoms with Gasteiger partial charge in [-0.25, -0.2) is 0 Å². The molecule has 0 fully saturated rings. The highest BCUT2D eigenvalue weighted by atomic mass is 16.5. The van der Waals surface area contributed by atoms with Crippen LogP contribution in [0.1, 0.15) is 19.4 Å². The van der Waals surface area contributed by atoms with Gasteiger partial charge < -0.3 is 15.0 Å². The summed E-state index contributed by atoms with van der Waals surface area (Å²) in [5, 5.41) is 2.69. The van der Waals surface area contributed by atoms with Crippen LogP contribution in [-0.2, 0) is 16.0 Å². The van der Waals surface area contributed by atoms with E-state index in [1.165, 1.54) is 12.5 Å². The lowest BCUT2D eigenvalue weighted by Gasteiger charge is -2.22. The number of ether oxygens (including phenoxy) is 1. The molecule has 1 heterocycles. The van der Waals surface area contributed by atoms with Crippen molar-refractivity contribution in [2.45, 2.75) is 26.4 Å². The van der Waals surface area contributed by atoms with Crippen LogP contribution in [0.5, 0.6) is 5.75 Å². The molecule has 5 heteroatoms. The highest BCUT2D eigenvalue weighted by Gasteiger charge is 2.28. The van der Waals surface area contributed by atoms with E-state index in [4.69, 9.17) is 4.74 Å². The highest BCUT2D eigenvalue weighted by molar-refractivity contribution is 5.98. The number of hydrogen-bond acceptors (Lipinski definition) is 3. The molecule has 1 aliphatic rings. The molecule has 2 aromatic rings. The molecule has 0 aliphatic carbocycles. The van der Waals surface area contributed by atoms with Gasteiger partial charge in [-0.3, -0.25) is 9.59 Å². The minimum absolute atomic E-state index is 0.0501. The van der Waals surface area contributed by atoms with Crippen LogP contribution >= 0.6 is 0 Å². The van der Waals surface area contributed by atoms with Gasteiger partial charge in [0.25, 0.3) is 5.91 Å². The first kappa shape index (κ1) is 16.1. The summed E-state index contributed by atoms with van der Waals surface area (Å²) in [5.41, 5.74) is 2.86. The maximum absolute atomic E-state index is 12.7. The number of hydrogen-bond donors (Lipinski definition) is 1. The van der Waals surface area contributed by atoms with Crippen molar-refractivity contribution in [2.24, 2.45) is 0 Å². The zero-order valence-electron chi connectivity index (χ0n) is 13.8. The van der Waals surface area contributed by atoms with Crippen LogP contribution in [0.15, 0.2) is 48.5 Å². The summed E-state index contributed by atoms with van der Waals surface area (Å²) in [6.45, 7) is 3.90. The Labute approximate surface area is 141 Å². The summed E-state index contributed by atoms with van der Waals surface area (Å²) >= 11 is 0. The SMILES string of the molecule is CC(=O)Nc1ccc(OC(C)C(=O)N2CCc3ccccc32)cc1. The van der Waals surface area contributed by atoms with E-state index in [1.54, 1.807) is 36.1 Å². The third kappa shape index (κ3) is 3.40.